The second-order valence-electron chi connectivity index (χ2n) is 13.6. The minimum Gasteiger partial charge on any atom is -0.497 e. The quantitative estimate of drug-likeness (QED) is 0.196. The van der Waals surface area contributed by atoms with Crippen LogP contribution in [0.15, 0.2) is 42.7 Å². The maximum absolute atomic E-state index is 13.5. The molecule has 2 fully saturated rings. The summed E-state index contributed by atoms with van der Waals surface area (Å²) in [6.07, 6.45) is 11.4. The number of rotatable bonds is 10. The largest absolute Gasteiger partial charge is 0.497 e. The van der Waals surface area contributed by atoms with Crippen molar-refractivity contribution in [3.8, 4) is 17.0 Å². The lowest BCUT2D eigenvalue weighted by Crippen LogP contribution is -2.35. The molecule has 2 aromatic carbocycles. The number of sulfonamides is 1. The maximum atomic E-state index is 13.5. The van der Waals surface area contributed by atoms with Gasteiger partial charge in [0.15, 0.2) is 5.69 Å². The van der Waals surface area contributed by atoms with Crippen LogP contribution in [-0.2, 0) is 16.6 Å². The Hall–Kier alpha value is -4.42. The first kappa shape index (κ1) is 33.1. The summed E-state index contributed by atoms with van der Waals surface area (Å²) in [6, 6.07) is 11.8. The third kappa shape index (κ3) is 6.16. The fourth-order valence-electron chi connectivity index (χ4n) is 7.36. The van der Waals surface area contributed by atoms with E-state index in [1.54, 1.807) is 25.6 Å². The van der Waals surface area contributed by atoms with Gasteiger partial charge in [0.25, 0.3) is 11.8 Å². The summed E-state index contributed by atoms with van der Waals surface area (Å²) >= 11 is 0. The number of benzene rings is 2. The number of aromatic nitrogens is 3. The highest BCUT2D eigenvalue weighted by atomic mass is 32.2. The van der Waals surface area contributed by atoms with Crippen molar-refractivity contribution in [3.63, 3.8) is 0 Å². The van der Waals surface area contributed by atoms with Gasteiger partial charge in [-0.2, -0.15) is 0 Å². The highest BCUT2D eigenvalue weighted by molar-refractivity contribution is 7.90. The van der Waals surface area contributed by atoms with Crippen LogP contribution in [0.2, 0.25) is 0 Å². The van der Waals surface area contributed by atoms with Gasteiger partial charge in [-0.05, 0) is 98.6 Å². The molecular weight excluding hydrogens is 643 g/mol. The van der Waals surface area contributed by atoms with Gasteiger partial charge in [-0.3, -0.25) is 9.59 Å². The van der Waals surface area contributed by atoms with Crippen molar-refractivity contribution in [2.75, 3.05) is 20.3 Å². The van der Waals surface area contributed by atoms with Crippen molar-refractivity contribution < 1.29 is 27.9 Å². The van der Waals surface area contributed by atoms with Gasteiger partial charge in [0.2, 0.25) is 10.0 Å². The van der Waals surface area contributed by atoms with Crippen molar-refractivity contribution in [2.24, 2.45) is 0 Å². The standard InChI is InChI=1S/C37H43N5O6S/c1-22(2)49(46,47)40-36(44)24-9-13-30-31(19-24)41-20-26(34-33(37(45)38-15-16-43)39-21-42(34)27-10-11-27)17-25-18-28(48-3)12-14-29(25)35(41)32(30)23-7-5-4-6-8-23/h9,12-14,17-19,21-23,27,43H,4-8,10-11,15-16,20H2,1-3H3,(H,38,45)(H,40,44). The minimum atomic E-state index is -3.84. The molecule has 2 aliphatic carbocycles. The van der Waals surface area contributed by atoms with Crippen molar-refractivity contribution in [1.82, 2.24) is 24.2 Å². The molecule has 49 heavy (non-hydrogen) atoms. The van der Waals surface area contributed by atoms with E-state index >= 15 is 0 Å². The number of methoxy groups -OCH3 is 1. The molecule has 0 unspecified atom stereocenters. The van der Waals surface area contributed by atoms with E-state index in [0.717, 1.165) is 77.5 Å². The first-order valence-electron chi connectivity index (χ1n) is 17.2. The maximum Gasteiger partial charge on any atom is 0.272 e. The number of hydrogen-bond acceptors (Lipinski definition) is 7. The molecule has 3 heterocycles. The van der Waals surface area contributed by atoms with E-state index in [1.165, 1.54) is 25.8 Å². The summed E-state index contributed by atoms with van der Waals surface area (Å²) in [5.74, 6) is -0.0123. The summed E-state index contributed by atoms with van der Waals surface area (Å²) in [7, 11) is -2.19. The number of imidazole rings is 1. The molecule has 0 bridgehead atoms. The molecule has 0 radical (unpaired) electrons. The molecule has 0 spiro atoms. The lowest BCUT2D eigenvalue weighted by atomic mass is 9.81. The average Bonchev–Trinajstić information content (AvgIpc) is 3.80. The van der Waals surface area contributed by atoms with Crippen LogP contribution in [0.4, 0.5) is 0 Å². The number of fused-ring (bicyclic) bond motifs is 5. The number of allylic oxidation sites excluding steroid dienone is 1. The van der Waals surface area contributed by atoms with Crippen molar-refractivity contribution in [3.05, 3.63) is 70.8 Å². The summed E-state index contributed by atoms with van der Waals surface area (Å²) in [5.41, 5.74) is 7.21. The average molecular weight is 686 g/mol. The number of carbonyl (C=O) groups excluding carboxylic acids is 2. The number of nitrogens with one attached hydrogen (secondary N) is 2. The van der Waals surface area contributed by atoms with Crippen LogP contribution < -0.4 is 14.8 Å². The third-order valence-corrected chi connectivity index (χ3v) is 11.8. The smallest absolute Gasteiger partial charge is 0.272 e. The van der Waals surface area contributed by atoms with E-state index in [9.17, 15) is 23.1 Å². The number of hydrogen-bond donors (Lipinski definition) is 3. The van der Waals surface area contributed by atoms with Crippen LogP contribution in [0.25, 0.3) is 33.8 Å². The second kappa shape index (κ2) is 13.1. The van der Waals surface area contributed by atoms with Crippen LogP contribution in [0.1, 0.15) is 108 Å². The molecule has 7 rings (SSSR count). The van der Waals surface area contributed by atoms with Gasteiger partial charge in [-0.25, -0.2) is 18.1 Å². The van der Waals surface area contributed by atoms with Crippen LogP contribution >= 0.6 is 0 Å². The number of amides is 2. The highest BCUT2D eigenvalue weighted by Gasteiger charge is 2.34. The predicted octanol–water partition coefficient (Wildman–Crippen LogP) is 5.64. The van der Waals surface area contributed by atoms with Gasteiger partial charge in [-0.15, -0.1) is 0 Å². The molecule has 12 heteroatoms. The molecule has 1 aliphatic heterocycles. The zero-order valence-corrected chi connectivity index (χ0v) is 29.0. The first-order chi connectivity index (χ1) is 23.6. The molecule has 0 saturated heterocycles. The number of aliphatic hydroxyl groups is 1. The molecule has 3 aliphatic rings. The summed E-state index contributed by atoms with van der Waals surface area (Å²) in [5, 5.41) is 12.5. The Morgan fingerprint density at radius 1 is 1.02 bits per heavy atom. The summed E-state index contributed by atoms with van der Waals surface area (Å²) in [6.45, 7) is 3.38. The molecule has 4 aromatic rings. The van der Waals surface area contributed by atoms with Gasteiger partial charge >= 0.3 is 0 Å². The predicted molar refractivity (Wildman–Crippen MR) is 189 cm³/mol. The topological polar surface area (TPSA) is 145 Å². The zero-order chi connectivity index (χ0) is 34.4. The Morgan fingerprint density at radius 3 is 2.49 bits per heavy atom. The van der Waals surface area contributed by atoms with Gasteiger partial charge in [0.05, 0.1) is 43.2 Å². The lowest BCUT2D eigenvalue weighted by molar-refractivity contribution is 0.0938. The molecule has 2 saturated carbocycles. The Labute approximate surface area is 286 Å². The minimum absolute atomic E-state index is 0.113. The zero-order valence-electron chi connectivity index (χ0n) is 28.2. The highest BCUT2D eigenvalue weighted by Crippen LogP contribution is 2.48. The van der Waals surface area contributed by atoms with Crippen molar-refractivity contribution >= 4 is 44.4 Å². The van der Waals surface area contributed by atoms with Crippen LogP contribution in [0.3, 0.4) is 0 Å². The number of nitrogens with zero attached hydrogens (tertiary/aromatic N) is 3. The molecule has 0 atom stereocenters. The van der Waals surface area contributed by atoms with Gasteiger partial charge in [-0.1, -0.05) is 25.3 Å². The van der Waals surface area contributed by atoms with E-state index in [0.29, 0.717) is 23.9 Å². The Bertz CT molecular complexity index is 2080. The van der Waals surface area contributed by atoms with E-state index in [-0.39, 0.29) is 30.7 Å². The van der Waals surface area contributed by atoms with Gasteiger partial charge < -0.3 is 24.3 Å². The fraction of sp³-hybridized carbons (Fsp3) is 0.432. The van der Waals surface area contributed by atoms with Gasteiger partial charge in [0.1, 0.15) is 5.75 Å². The second-order valence-corrected chi connectivity index (χ2v) is 15.9. The van der Waals surface area contributed by atoms with Crippen LogP contribution in [-0.4, -0.2) is 65.0 Å². The van der Waals surface area contributed by atoms with E-state index < -0.39 is 21.2 Å². The van der Waals surface area contributed by atoms with Crippen LogP contribution in [0, 0.1) is 0 Å². The van der Waals surface area contributed by atoms with Crippen molar-refractivity contribution in [2.45, 2.75) is 82.5 Å². The Kier molecular flexibility index (Phi) is 8.87. The van der Waals surface area contributed by atoms with E-state index in [4.69, 9.17) is 4.74 Å². The SMILES string of the molecule is COc1ccc2c(c1)C=C(c1c(C(=O)NCCO)ncn1C1CC1)Cn1c-2c(C2CCCCC2)c2ccc(C(=O)NS(=O)(=O)C(C)C)cc21. The number of carbonyl (C=O) groups is 2. The van der Waals surface area contributed by atoms with Crippen molar-refractivity contribution in [1.29, 1.82) is 0 Å². The number of aliphatic hydroxyl groups excluding tert-OH is 1. The molecule has 3 N–H and O–H groups in total. The normalized spacial score (nSPS) is 16.6. The summed E-state index contributed by atoms with van der Waals surface area (Å²) < 4.78 is 37.6. The number of ether oxygens (including phenoxy) is 1. The lowest BCUT2D eigenvalue weighted by Gasteiger charge is -2.24. The molecule has 11 nitrogen and oxygen atoms in total. The van der Waals surface area contributed by atoms with E-state index in [2.05, 4.69) is 36.3 Å². The Balaban J connectivity index is 1.47. The molecule has 2 aromatic heterocycles. The van der Waals surface area contributed by atoms with Gasteiger partial charge in [0, 0.05) is 34.6 Å². The first-order valence-corrected chi connectivity index (χ1v) is 18.7. The monoisotopic (exact) mass is 685 g/mol. The molecular formula is C37H43N5O6S. The van der Waals surface area contributed by atoms with Crippen LogP contribution in [0.5, 0.6) is 5.75 Å². The molecule has 258 valence electrons. The molecule has 2 amide bonds. The summed E-state index contributed by atoms with van der Waals surface area (Å²) in [4.78, 5) is 31.5. The van der Waals surface area contributed by atoms with E-state index in [1.807, 2.05) is 18.2 Å². The third-order valence-electron chi connectivity index (χ3n) is 10.1. The fourth-order valence-corrected chi connectivity index (χ4v) is 7.97. The Morgan fingerprint density at radius 2 is 1.80 bits per heavy atom.